The highest BCUT2D eigenvalue weighted by molar-refractivity contribution is 7.80. The lowest BCUT2D eigenvalue weighted by molar-refractivity contribution is 0.0409. The predicted octanol–water partition coefficient (Wildman–Crippen LogP) is 4.81. The molecule has 1 aliphatic rings. The molecular weight excluding hydrogens is 378 g/mol. The van der Waals surface area contributed by atoms with E-state index >= 15 is 0 Å². The van der Waals surface area contributed by atoms with Crippen LogP contribution in [0.5, 0.6) is 0 Å². The van der Waals surface area contributed by atoms with Crippen LogP contribution >= 0.6 is 12.2 Å². The molecule has 0 fully saturated rings. The standard InChI is InChI=1S/C24H25N3OS/c1-25-23(29)24(20-15-19-11-5-6-12-21(19)26-16-20)14-8-7-13-22(24)27-28-17-18-9-3-2-4-10-18/h2-6,9-13,15-16,27H,7-8,14,17H2,1H3,(H,25,29). The Bertz CT molecular complexity index is 1030. The molecule has 0 spiro atoms. The third-order valence-electron chi connectivity index (χ3n) is 5.53. The van der Waals surface area contributed by atoms with Crippen molar-refractivity contribution in [2.24, 2.45) is 0 Å². The number of allylic oxidation sites excluding steroid dienone is 1. The van der Waals surface area contributed by atoms with Crippen molar-refractivity contribution in [3.05, 3.63) is 89.8 Å². The van der Waals surface area contributed by atoms with Crippen LogP contribution in [0.1, 0.15) is 30.4 Å². The van der Waals surface area contributed by atoms with Crippen molar-refractivity contribution >= 4 is 28.1 Å². The van der Waals surface area contributed by atoms with E-state index in [1.807, 2.05) is 49.6 Å². The van der Waals surface area contributed by atoms with Crippen molar-refractivity contribution in [2.45, 2.75) is 31.3 Å². The fraction of sp³-hybridized carbons (Fsp3) is 0.250. The molecular formula is C24H25N3OS. The van der Waals surface area contributed by atoms with Crippen LogP contribution in [0, 0.1) is 0 Å². The van der Waals surface area contributed by atoms with Crippen LogP contribution in [0.3, 0.4) is 0 Å². The number of nitrogens with zero attached hydrogens (tertiary/aromatic N) is 1. The van der Waals surface area contributed by atoms with Gasteiger partial charge in [-0.2, -0.15) is 0 Å². The number of pyridine rings is 1. The molecule has 1 aliphatic carbocycles. The first-order valence-corrected chi connectivity index (χ1v) is 10.3. The van der Waals surface area contributed by atoms with Crippen molar-refractivity contribution in [3.8, 4) is 0 Å². The summed E-state index contributed by atoms with van der Waals surface area (Å²) < 4.78 is 0. The minimum atomic E-state index is -0.476. The van der Waals surface area contributed by atoms with Crippen LogP contribution in [-0.4, -0.2) is 17.0 Å². The van der Waals surface area contributed by atoms with Gasteiger partial charge in [0.1, 0.15) is 0 Å². The minimum Gasteiger partial charge on any atom is -0.382 e. The van der Waals surface area contributed by atoms with Crippen molar-refractivity contribution < 1.29 is 4.84 Å². The summed E-state index contributed by atoms with van der Waals surface area (Å²) in [4.78, 5) is 11.4. The van der Waals surface area contributed by atoms with Crippen LogP contribution in [-0.2, 0) is 16.9 Å². The van der Waals surface area contributed by atoms with Crippen molar-refractivity contribution in [1.82, 2.24) is 15.8 Å². The van der Waals surface area contributed by atoms with Gasteiger partial charge in [0.15, 0.2) is 0 Å². The Morgan fingerprint density at radius 2 is 1.93 bits per heavy atom. The van der Waals surface area contributed by atoms with E-state index < -0.39 is 5.41 Å². The highest BCUT2D eigenvalue weighted by Crippen LogP contribution is 2.41. The molecule has 0 amide bonds. The summed E-state index contributed by atoms with van der Waals surface area (Å²) in [6.07, 6.45) is 7.10. The number of hydroxylamine groups is 1. The van der Waals surface area contributed by atoms with Gasteiger partial charge in [-0.05, 0) is 42.5 Å². The van der Waals surface area contributed by atoms with E-state index in [-0.39, 0.29) is 0 Å². The lowest BCUT2D eigenvalue weighted by Gasteiger charge is -2.39. The van der Waals surface area contributed by atoms with Gasteiger partial charge < -0.3 is 5.32 Å². The first-order chi connectivity index (χ1) is 14.2. The second-order valence-electron chi connectivity index (χ2n) is 7.29. The largest absolute Gasteiger partial charge is 0.382 e. The molecule has 1 heterocycles. The smallest absolute Gasteiger partial charge is 0.0996 e. The molecule has 1 atom stereocenters. The molecule has 5 heteroatoms. The molecule has 0 aliphatic heterocycles. The number of aromatic nitrogens is 1. The first kappa shape index (κ1) is 19.6. The highest BCUT2D eigenvalue weighted by atomic mass is 32.1. The normalized spacial score (nSPS) is 18.9. The minimum absolute atomic E-state index is 0.476. The zero-order valence-electron chi connectivity index (χ0n) is 16.5. The van der Waals surface area contributed by atoms with Crippen LogP contribution in [0.4, 0.5) is 0 Å². The number of nitrogens with one attached hydrogen (secondary N) is 2. The summed E-state index contributed by atoms with van der Waals surface area (Å²) in [6.45, 7) is 0.483. The lowest BCUT2D eigenvalue weighted by Crippen LogP contribution is -2.48. The Morgan fingerprint density at radius 1 is 1.14 bits per heavy atom. The van der Waals surface area contributed by atoms with E-state index in [1.54, 1.807) is 0 Å². The molecule has 2 aromatic carbocycles. The van der Waals surface area contributed by atoms with E-state index in [0.717, 1.165) is 52.0 Å². The fourth-order valence-corrected chi connectivity index (χ4v) is 4.34. The Balaban J connectivity index is 1.67. The number of rotatable bonds is 6. The second kappa shape index (κ2) is 8.72. The van der Waals surface area contributed by atoms with E-state index in [9.17, 15) is 0 Å². The Labute approximate surface area is 177 Å². The maximum Gasteiger partial charge on any atom is 0.0996 e. The highest BCUT2D eigenvalue weighted by Gasteiger charge is 2.42. The molecule has 3 aromatic rings. The van der Waals surface area contributed by atoms with Gasteiger partial charge in [0, 0.05) is 18.6 Å². The molecule has 1 aromatic heterocycles. The third kappa shape index (κ3) is 3.88. The molecule has 4 nitrogen and oxygen atoms in total. The van der Waals surface area contributed by atoms with E-state index in [0.29, 0.717) is 6.61 Å². The summed E-state index contributed by atoms with van der Waals surface area (Å²) in [6, 6.07) is 20.5. The Hall–Kier alpha value is -2.76. The zero-order valence-corrected chi connectivity index (χ0v) is 17.3. The average molecular weight is 404 g/mol. The number of hydrogen-bond donors (Lipinski definition) is 2. The van der Waals surface area contributed by atoms with Crippen molar-refractivity contribution in [1.29, 1.82) is 0 Å². The number of likely N-dealkylation sites (N-methyl/N-ethyl adjacent to an activating group) is 1. The van der Waals surface area contributed by atoms with E-state index in [4.69, 9.17) is 22.0 Å². The SMILES string of the molecule is CNC(=S)C1(c2cnc3ccccc3c2)CCCC=C1NOCc1ccccc1. The quantitative estimate of drug-likeness (QED) is 0.457. The summed E-state index contributed by atoms with van der Waals surface area (Å²) in [5.41, 5.74) is 6.91. The van der Waals surface area contributed by atoms with Crippen LogP contribution < -0.4 is 10.8 Å². The molecule has 4 rings (SSSR count). The molecule has 0 saturated heterocycles. The Morgan fingerprint density at radius 3 is 2.76 bits per heavy atom. The average Bonchev–Trinajstić information content (AvgIpc) is 2.79. The van der Waals surface area contributed by atoms with Gasteiger partial charge in [0.05, 0.1) is 28.2 Å². The van der Waals surface area contributed by atoms with Crippen LogP contribution in [0.25, 0.3) is 10.9 Å². The number of fused-ring (bicyclic) bond motifs is 1. The molecule has 148 valence electrons. The van der Waals surface area contributed by atoms with Gasteiger partial charge in [-0.15, -0.1) is 0 Å². The van der Waals surface area contributed by atoms with Crippen LogP contribution in [0.2, 0.25) is 0 Å². The van der Waals surface area contributed by atoms with Gasteiger partial charge in [-0.1, -0.05) is 66.8 Å². The maximum absolute atomic E-state index is 5.89. The van der Waals surface area contributed by atoms with Gasteiger partial charge >= 0.3 is 0 Å². The first-order valence-electron chi connectivity index (χ1n) is 9.94. The molecule has 2 N–H and O–H groups in total. The summed E-state index contributed by atoms with van der Waals surface area (Å²) >= 11 is 5.84. The second-order valence-corrected chi connectivity index (χ2v) is 7.70. The lowest BCUT2D eigenvalue weighted by atomic mass is 9.71. The van der Waals surface area contributed by atoms with Crippen molar-refractivity contribution in [3.63, 3.8) is 0 Å². The number of thiocarbonyl (C=S) groups is 1. The van der Waals surface area contributed by atoms with E-state index in [2.05, 4.69) is 41.1 Å². The number of hydrogen-bond acceptors (Lipinski definition) is 4. The molecule has 29 heavy (non-hydrogen) atoms. The summed E-state index contributed by atoms with van der Waals surface area (Å²) in [7, 11) is 1.88. The molecule has 1 unspecified atom stereocenters. The van der Waals surface area contributed by atoms with E-state index in [1.165, 1.54) is 0 Å². The van der Waals surface area contributed by atoms with Gasteiger partial charge in [0.2, 0.25) is 0 Å². The number of para-hydroxylation sites is 1. The van der Waals surface area contributed by atoms with Gasteiger partial charge in [-0.25, -0.2) is 0 Å². The predicted molar refractivity (Wildman–Crippen MR) is 121 cm³/mol. The number of benzene rings is 2. The topological polar surface area (TPSA) is 46.2 Å². The molecule has 0 bridgehead atoms. The Kier molecular flexibility index (Phi) is 5.88. The fourth-order valence-electron chi connectivity index (χ4n) is 4.01. The third-order valence-corrected chi connectivity index (χ3v) is 6.08. The van der Waals surface area contributed by atoms with Crippen LogP contribution in [0.15, 0.2) is 78.6 Å². The van der Waals surface area contributed by atoms with Gasteiger partial charge in [-0.3, -0.25) is 15.3 Å². The zero-order chi connectivity index (χ0) is 20.1. The molecule has 0 radical (unpaired) electrons. The summed E-state index contributed by atoms with van der Waals surface area (Å²) in [5.74, 6) is 0. The van der Waals surface area contributed by atoms with Gasteiger partial charge in [0.25, 0.3) is 0 Å². The molecule has 0 saturated carbocycles. The summed E-state index contributed by atoms with van der Waals surface area (Å²) in [5, 5.41) is 4.34. The van der Waals surface area contributed by atoms with Crippen molar-refractivity contribution in [2.75, 3.05) is 7.05 Å². The monoisotopic (exact) mass is 403 g/mol. The maximum atomic E-state index is 5.89.